The van der Waals surface area contributed by atoms with Gasteiger partial charge in [-0.1, -0.05) is 13.8 Å². The van der Waals surface area contributed by atoms with Gasteiger partial charge in [-0.3, -0.25) is 4.99 Å². The molecule has 0 aliphatic carbocycles. The lowest BCUT2D eigenvalue weighted by Crippen LogP contribution is -2.39. The molecule has 0 saturated heterocycles. The smallest absolute Gasteiger partial charge is 0.191 e. The average molecular weight is 317 g/mol. The molecule has 0 aromatic carbocycles. The number of aliphatic hydroxyl groups is 1. The van der Waals surface area contributed by atoms with Crippen molar-refractivity contribution < 1.29 is 14.6 Å². The zero-order valence-corrected chi connectivity index (χ0v) is 14.7. The lowest BCUT2D eigenvalue weighted by molar-refractivity contribution is 0.0733. The van der Waals surface area contributed by atoms with E-state index in [1.807, 2.05) is 6.92 Å². The summed E-state index contributed by atoms with van der Waals surface area (Å²) < 4.78 is 10.3. The van der Waals surface area contributed by atoms with Crippen LogP contribution in [0.3, 0.4) is 0 Å². The van der Waals surface area contributed by atoms with E-state index in [9.17, 15) is 0 Å². The first kappa shape index (κ1) is 21.1. The number of aliphatic hydroxyl groups excluding tert-OH is 1. The Kier molecular flexibility index (Phi) is 14.5. The van der Waals surface area contributed by atoms with E-state index in [1.54, 1.807) is 7.11 Å². The van der Waals surface area contributed by atoms with Gasteiger partial charge in [0.15, 0.2) is 5.96 Å². The van der Waals surface area contributed by atoms with Crippen LogP contribution in [-0.4, -0.2) is 64.2 Å². The summed E-state index contributed by atoms with van der Waals surface area (Å²) in [7, 11) is 1.66. The zero-order chi connectivity index (χ0) is 16.6. The van der Waals surface area contributed by atoms with Gasteiger partial charge >= 0.3 is 0 Å². The molecule has 1 atom stereocenters. The highest BCUT2D eigenvalue weighted by atomic mass is 16.5. The third-order valence-electron chi connectivity index (χ3n) is 3.16. The summed E-state index contributed by atoms with van der Waals surface area (Å²) in [5.41, 5.74) is 0. The van der Waals surface area contributed by atoms with Crippen LogP contribution in [-0.2, 0) is 9.47 Å². The largest absolute Gasteiger partial charge is 0.396 e. The van der Waals surface area contributed by atoms with E-state index >= 15 is 0 Å². The van der Waals surface area contributed by atoms with Crippen LogP contribution in [0.5, 0.6) is 0 Å². The molecular formula is C16H35N3O3. The van der Waals surface area contributed by atoms with Crippen LogP contribution in [0.15, 0.2) is 4.99 Å². The normalized spacial score (nSPS) is 13.5. The van der Waals surface area contributed by atoms with Gasteiger partial charge in [0.2, 0.25) is 0 Å². The molecule has 0 bridgehead atoms. The van der Waals surface area contributed by atoms with E-state index in [1.165, 1.54) is 0 Å². The Morgan fingerprint density at radius 3 is 2.55 bits per heavy atom. The van der Waals surface area contributed by atoms with Crippen molar-refractivity contribution in [2.75, 3.05) is 53.2 Å². The number of ether oxygens (including phenoxy) is 2. The molecule has 0 heterocycles. The van der Waals surface area contributed by atoms with Crippen LogP contribution >= 0.6 is 0 Å². The molecule has 0 aliphatic heterocycles. The van der Waals surface area contributed by atoms with Gasteiger partial charge in [-0.15, -0.1) is 0 Å². The first-order chi connectivity index (χ1) is 10.6. The fraction of sp³-hybridized carbons (Fsp3) is 0.938. The SMILES string of the molecule is CCNC(=NCC(CCO)CC(C)C)NCCOCCOC. The van der Waals surface area contributed by atoms with Gasteiger partial charge in [-0.25, -0.2) is 0 Å². The van der Waals surface area contributed by atoms with Gasteiger partial charge in [0, 0.05) is 33.4 Å². The van der Waals surface area contributed by atoms with Gasteiger partial charge in [0.25, 0.3) is 0 Å². The minimum Gasteiger partial charge on any atom is -0.396 e. The molecule has 6 nitrogen and oxygen atoms in total. The van der Waals surface area contributed by atoms with Crippen molar-refractivity contribution >= 4 is 5.96 Å². The molecule has 132 valence electrons. The summed E-state index contributed by atoms with van der Waals surface area (Å²) >= 11 is 0. The number of nitrogens with one attached hydrogen (secondary N) is 2. The zero-order valence-electron chi connectivity index (χ0n) is 14.7. The quantitative estimate of drug-likeness (QED) is 0.271. The highest BCUT2D eigenvalue weighted by Gasteiger charge is 2.10. The second-order valence-corrected chi connectivity index (χ2v) is 5.76. The molecule has 0 aliphatic rings. The Bertz CT molecular complexity index is 273. The van der Waals surface area contributed by atoms with Crippen molar-refractivity contribution in [2.24, 2.45) is 16.8 Å². The first-order valence-electron chi connectivity index (χ1n) is 8.33. The van der Waals surface area contributed by atoms with Crippen molar-refractivity contribution in [2.45, 2.75) is 33.6 Å². The second-order valence-electron chi connectivity index (χ2n) is 5.76. The van der Waals surface area contributed by atoms with E-state index in [4.69, 9.17) is 14.6 Å². The predicted octanol–water partition coefficient (Wildman–Crippen LogP) is 1.25. The Balaban J connectivity index is 4.15. The lowest BCUT2D eigenvalue weighted by atomic mass is 9.94. The van der Waals surface area contributed by atoms with Crippen LogP contribution in [0, 0.1) is 11.8 Å². The standard InChI is InChI=1S/C16H35N3O3/c1-5-17-16(18-7-9-22-11-10-21-4)19-13-15(6-8-20)12-14(2)3/h14-15,20H,5-13H2,1-4H3,(H2,17,18,19). The monoisotopic (exact) mass is 317 g/mol. The third kappa shape index (κ3) is 12.9. The number of guanidine groups is 1. The molecule has 0 fully saturated rings. The second kappa shape index (κ2) is 15.1. The summed E-state index contributed by atoms with van der Waals surface area (Å²) in [6, 6.07) is 0. The number of rotatable bonds is 13. The van der Waals surface area contributed by atoms with E-state index in [0.29, 0.717) is 38.2 Å². The maximum atomic E-state index is 9.16. The molecule has 0 radical (unpaired) electrons. The first-order valence-corrected chi connectivity index (χ1v) is 8.33. The van der Waals surface area contributed by atoms with Crippen molar-refractivity contribution in [3.63, 3.8) is 0 Å². The van der Waals surface area contributed by atoms with E-state index < -0.39 is 0 Å². The molecule has 6 heteroatoms. The summed E-state index contributed by atoms with van der Waals surface area (Å²) in [6.07, 6.45) is 1.89. The number of aliphatic imine (C=N–C) groups is 1. The van der Waals surface area contributed by atoms with E-state index in [2.05, 4.69) is 29.5 Å². The van der Waals surface area contributed by atoms with Crippen LogP contribution < -0.4 is 10.6 Å². The van der Waals surface area contributed by atoms with Gasteiger partial charge in [0.05, 0.1) is 19.8 Å². The van der Waals surface area contributed by atoms with E-state index in [0.717, 1.165) is 31.9 Å². The van der Waals surface area contributed by atoms with Crippen molar-refractivity contribution in [3.8, 4) is 0 Å². The number of methoxy groups -OCH3 is 1. The van der Waals surface area contributed by atoms with Crippen molar-refractivity contribution in [3.05, 3.63) is 0 Å². The molecule has 0 aromatic heterocycles. The minimum atomic E-state index is 0.226. The third-order valence-corrected chi connectivity index (χ3v) is 3.16. The molecule has 0 spiro atoms. The molecule has 1 unspecified atom stereocenters. The maximum absolute atomic E-state index is 9.16. The topological polar surface area (TPSA) is 75.1 Å². The van der Waals surface area contributed by atoms with Crippen LogP contribution in [0.1, 0.15) is 33.6 Å². The summed E-state index contributed by atoms with van der Waals surface area (Å²) in [6.45, 7) is 10.8. The highest BCUT2D eigenvalue weighted by molar-refractivity contribution is 5.79. The molecule has 0 rings (SSSR count). The maximum Gasteiger partial charge on any atom is 0.191 e. The molecule has 3 N–H and O–H groups in total. The highest BCUT2D eigenvalue weighted by Crippen LogP contribution is 2.15. The Hall–Kier alpha value is -0.850. The molecular weight excluding hydrogens is 282 g/mol. The Morgan fingerprint density at radius 2 is 1.95 bits per heavy atom. The fourth-order valence-corrected chi connectivity index (χ4v) is 2.18. The summed E-state index contributed by atoms with van der Waals surface area (Å²) in [5.74, 6) is 1.86. The Labute approximate surface area is 135 Å². The fourth-order valence-electron chi connectivity index (χ4n) is 2.18. The molecule has 0 aromatic rings. The van der Waals surface area contributed by atoms with Gasteiger partial charge in [-0.05, 0) is 31.6 Å². The molecule has 0 saturated carbocycles. The number of hydrogen-bond acceptors (Lipinski definition) is 4. The van der Waals surface area contributed by atoms with Crippen LogP contribution in [0.4, 0.5) is 0 Å². The van der Waals surface area contributed by atoms with Crippen LogP contribution in [0.2, 0.25) is 0 Å². The average Bonchev–Trinajstić information content (AvgIpc) is 2.47. The van der Waals surface area contributed by atoms with Crippen LogP contribution in [0.25, 0.3) is 0 Å². The Morgan fingerprint density at radius 1 is 1.18 bits per heavy atom. The lowest BCUT2D eigenvalue weighted by Gasteiger charge is -2.17. The molecule has 22 heavy (non-hydrogen) atoms. The number of hydrogen-bond donors (Lipinski definition) is 3. The summed E-state index contributed by atoms with van der Waals surface area (Å²) in [4.78, 5) is 4.62. The van der Waals surface area contributed by atoms with Gasteiger partial charge in [0.1, 0.15) is 0 Å². The van der Waals surface area contributed by atoms with Gasteiger partial charge in [-0.2, -0.15) is 0 Å². The van der Waals surface area contributed by atoms with Crippen molar-refractivity contribution in [1.82, 2.24) is 10.6 Å². The predicted molar refractivity (Wildman–Crippen MR) is 91.3 cm³/mol. The minimum absolute atomic E-state index is 0.226. The van der Waals surface area contributed by atoms with E-state index in [-0.39, 0.29) is 6.61 Å². The van der Waals surface area contributed by atoms with Gasteiger partial charge < -0.3 is 25.2 Å². The summed E-state index contributed by atoms with van der Waals surface area (Å²) in [5, 5.41) is 15.6. The number of nitrogens with zero attached hydrogens (tertiary/aromatic N) is 1. The molecule has 0 amide bonds. The van der Waals surface area contributed by atoms with Crippen molar-refractivity contribution in [1.29, 1.82) is 0 Å².